The maximum atomic E-state index is 13.5. The molecule has 0 fully saturated rings. The lowest BCUT2D eigenvalue weighted by Crippen LogP contribution is -2.15. The van der Waals surface area contributed by atoms with Crippen molar-refractivity contribution in [3.63, 3.8) is 0 Å². The van der Waals surface area contributed by atoms with Gasteiger partial charge < -0.3 is 5.32 Å². The predicted octanol–water partition coefficient (Wildman–Crippen LogP) is 3.05. The first-order valence-electron chi connectivity index (χ1n) is 6.26. The van der Waals surface area contributed by atoms with E-state index in [2.05, 4.69) is 10.4 Å². The van der Waals surface area contributed by atoms with Crippen LogP contribution in [0.3, 0.4) is 0 Å². The summed E-state index contributed by atoms with van der Waals surface area (Å²) in [5.41, 5.74) is 2.24. The minimum atomic E-state index is -0.665. The van der Waals surface area contributed by atoms with Gasteiger partial charge in [0.25, 0.3) is 0 Å². The van der Waals surface area contributed by atoms with E-state index in [0.717, 1.165) is 29.2 Å². The van der Waals surface area contributed by atoms with Gasteiger partial charge in [0.2, 0.25) is 5.91 Å². The third-order valence-corrected chi connectivity index (χ3v) is 4.07. The molecule has 2 rings (SSSR count). The molecule has 0 spiro atoms. The highest BCUT2D eigenvalue weighted by Gasteiger charge is 2.13. The van der Waals surface area contributed by atoms with E-state index >= 15 is 0 Å². The van der Waals surface area contributed by atoms with Crippen LogP contribution in [-0.2, 0) is 11.8 Å². The van der Waals surface area contributed by atoms with Crippen molar-refractivity contribution in [3.05, 3.63) is 41.2 Å². The van der Waals surface area contributed by atoms with E-state index in [1.807, 2.05) is 6.92 Å². The molecule has 0 aliphatic heterocycles. The van der Waals surface area contributed by atoms with Gasteiger partial charge in [0.15, 0.2) is 0 Å². The molecule has 0 radical (unpaired) electrons. The Morgan fingerprint density at radius 2 is 2.10 bits per heavy atom. The number of thioether (sulfide) groups is 1. The van der Waals surface area contributed by atoms with Crippen LogP contribution in [0.4, 0.5) is 14.5 Å². The second-order valence-electron chi connectivity index (χ2n) is 4.58. The summed E-state index contributed by atoms with van der Waals surface area (Å²) in [4.78, 5) is 12.2. The van der Waals surface area contributed by atoms with Gasteiger partial charge in [-0.1, -0.05) is 0 Å². The van der Waals surface area contributed by atoms with Gasteiger partial charge in [-0.05, 0) is 26.0 Å². The largest absolute Gasteiger partial charge is 0.322 e. The monoisotopic (exact) mass is 311 g/mol. The summed E-state index contributed by atoms with van der Waals surface area (Å²) in [6.07, 6.45) is 0. The van der Waals surface area contributed by atoms with Gasteiger partial charge in [0, 0.05) is 18.0 Å². The molecule has 0 saturated carbocycles. The van der Waals surface area contributed by atoms with Gasteiger partial charge in [-0.25, -0.2) is 8.78 Å². The van der Waals surface area contributed by atoms with E-state index in [-0.39, 0.29) is 16.6 Å². The van der Waals surface area contributed by atoms with E-state index in [0.29, 0.717) is 5.69 Å². The van der Waals surface area contributed by atoms with Crippen molar-refractivity contribution >= 4 is 23.4 Å². The van der Waals surface area contributed by atoms with Crippen molar-refractivity contribution in [1.29, 1.82) is 0 Å². The molecule has 0 unspecified atom stereocenters. The SMILES string of the molecule is Cc1nn(C)c(C)c1NC(=O)CSc1ccc(F)cc1F. The summed E-state index contributed by atoms with van der Waals surface area (Å²) in [5.74, 6) is -1.52. The molecule has 0 bridgehead atoms. The Kier molecular flexibility index (Phi) is 4.62. The molecule has 1 amide bonds. The lowest BCUT2D eigenvalue weighted by atomic mass is 10.3. The molecule has 0 aliphatic rings. The third kappa shape index (κ3) is 3.60. The zero-order valence-electron chi connectivity index (χ0n) is 11.9. The minimum absolute atomic E-state index is 0.0380. The van der Waals surface area contributed by atoms with Crippen LogP contribution < -0.4 is 5.32 Å². The Hall–Kier alpha value is -1.89. The summed E-state index contributed by atoms with van der Waals surface area (Å²) >= 11 is 1.02. The molecule has 1 heterocycles. The van der Waals surface area contributed by atoms with Crippen molar-refractivity contribution in [1.82, 2.24) is 9.78 Å². The normalized spacial score (nSPS) is 10.7. The number of benzene rings is 1. The number of rotatable bonds is 4. The van der Waals surface area contributed by atoms with Crippen molar-refractivity contribution in [3.8, 4) is 0 Å². The number of aromatic nitrogens is 2. The fourth-order valence-electron chi connectivity index (χ4n) is 1.87. The molecule has 0 atom stereocenters. The molecule has 1 aromatic heterocycles. The van der Waals surface area contributed by atoms with Crippen LogP contribution in [-0.4, -0.2) is 21.4 Å². The Labute approximate surface area is 125 Å². The topological polar surface area (TPSA) is 46.9 Å². The fraction of sp³-hybridized carbons (Fsp3) is 0.286. The molecule has 2 aromatic rings. The molecular formula is C14H15F2N3OS. The van der Waals surface area contributed by atoms with Crippen LogP contribution in [0.5, 0.6) is 0 Å². The first kappa shape index (κ1) is 15.5. The minimum Gasteiger partial charge on any atom is -0.322 e. The zero-order valence-corrected chi connectivity index (χ0v) is 12.7. The van der Waals surface area contributed by atoms with Crippen LogP contribution >= 0.6 is 11.8 Å². The van der Waals surface area contributed by atoms with Crippen LogP contribution in [0.1, 0.15) is 11.4 Å². The van der Waals surface area contributed by atoms with Crippen molar-refractivity contribution in [2.75, 3.05) is 11.1 Å². The molecule has 1 aromatic carbocycles. The molecular weight excluding hydrogens is 296 g/mol. The molecule has 4 nitrogen and oxygen atoms in total. The second-order valence-corrected chi connectivity index (χ2v) is 5.60. The second kappa shape index (κ2) is 6.26. The average Bonchev–Trinajstić information content (AvgIpc) is 2.64. The van der Waals surface area contributed by atoms with Crippen molar-refractivity contribution in [2.45, 2.75) is 18.7 Å². The summed E-state index contributed by atoms with van der Waals surface area (Å²) in [6.45, 7) is 3.65. The summed E-state index contributed by atoms with van der Waals surface area (Å²) in [7, 11) is 1.79. The number of anilines is 1. The Morgan fingerprint density at radius 1 is 1.38 bits per heavy atom. The Bertz CT molecular complexity index is 685. The van der Waals surface area contributed by atoms with E-state index in [1.54, 1.807) is 18.7 Å². The lowest BCUT2D eigenvalue weighted by molar-refractivity contribution is -0.113. The van der Waals surface area contributed by atoms with Gasteiger partial charge in [0.05, 0.1) is 22.8 Å². The number of hydrogen-bond acceptors (Lipinski definition) is 3. The number of nitrogens with zero attached hydrogens (tertiary/aromatic N) is 2. The molecule has 0 saturated heterocycles. The predicted molar refractivity (Wildman–Crippen MR) is 78.4 cm³/mol. The standard InChI is InChI=1S/C14H15F2N3OS/c1-8-14(9(2)19(3)18-8)17-13(20)7-21-12-5-4-10(15)6-11(12)16/h4-6H,7H2,1-3H3,(H,17,20). The van der Waals surface area contributed by atoms with Crippen LogP contribution in [0.25, 0.3) is 0 Å². The van der Waals surface area contributed by atoms with Gasteiger partial charge in [-0.15, -0.1) is 11.8 Å². The van der Waals surface area contributed by atoms with E-state index in [9.17, 15) is 13.6 Å². The molecule has 21 heavy (non-hydrogen) atoms. The number of amides is 1. The van der Waals surface area contributed by atoms with Crippen LogP contribution in [0, 0.1) is 25.5 Å². The number of halogens is 2. The average molecular weight is 311 g/mol. The number of hydrogen-bond donors (Lipinski definition) is 1. The maximum Gasteiger partial charge on any atom is 0.234 e. The van der Waals surface area contributed by atoms with Gasteiger partial charge >= 0.3 is 0 Å². The van der Waals surface area contributed by atoms with E-state index < -0.39 is 11.6 Å². The highest BCUT2D eigenvalue weighted by molar-refractivity contribution is 8.00. The van der Waals surface area contributed by atoms with E-state index in [4.69, 9.17) is 0 Å². The van der Waals surface area contributed by atoms with Crippen molar-refractivity contribution < 1.29 is 13.6 Å². The highest BCUT2D eigenvalue weighted by atomic mass is 32.2. The summed E-state index contributed by atoms with van der Waals surface area (Å²) in [6, 6.07) is 3.29. The molecule has 112 valence electrons. The van der Waals surface area contributed by atoms with Crippen LogP contribution in [0.15, 0.2) is 23.1 Å². The fourth-order valence-corrected chi connectivity index (χ4v) is 2.59. The quantitative estimate of drug-likeness (QED) is 0.883. The number of carbonyl (C=O) groups excluding carboxylic acids is 1. The van der Waals surface area contributed by atoms with Gasteiger partial charge in [-0.2, -0.15) is 5.10 Å². The number of nitrogens with one attached hydrogen (secondary N) is 1. The van der Waals surface area contributed by atoms with Gasteiger partial charge in [-0.3, -0.25) is 9.48 Å². The van der Waals surface area contributed by atoms with Gasteiger partial charge in [0.1, 0.15) is 11.6 Å². The molecule has 0 aliphatic carbocycles. The summed E-state index contributed by atoms with van der Waals surface area (Å²) in [5, 5.41) is 6.96. The highest BCUT2D eigenvalue weighted by Crippen LogP contribution is 2.23. The first-order valence-corrected chi connectivity index (χ1v) is 7.25. The lowest BCUT2D eigenvalue weighted by Gasteiger charge is -2.06. The third-order valence-electron chi connectivity index (χ3n) is 3.03. The summed E-state index contributed by atoms with van der Waals surface area (Å²) < 4.78 is 27.9. The number of aryl methyl sites for hydroxylation is 2. The van der Waals surface area contributed by atoms with Crippen molar-refractivity contribution in [2.24, 2.45) is 7.05 Å². The molecule has 1 N–H and O–H groups in total. The number of carbonyl (C=O) groups is 1. The zero-order chi connectivity index (χ0) is 15.6. The molecule has 7 heteroatoms. The maximum absolute atomic E-state index is 13.5. The first-order chi connectivity index (χ1) is 9.88. The Morgan fingerprint density at radius 3 is 2.67 bits per heavy atom. The van der Waals surface area contributed by atoms with E-state index in [1.165, 1.54) is 12.1 Å². The Balaban J connectivity index is 1.99. The smallest absolute Gasteiger partial charge is 0.234 e. The van der Waals surface area contributed by atoms with Crippen LogP contribution in [0.2, 0.25) is 0 Å².